The van der Waals surface area contributed by atoms with E-state index in [2.05, 4.69) is 10.3 Å². The van der Waals surface area contributed by atoms with Crippen LogP contribution in [0.4, 0.5) is 0 Å². The lowest BCUT2D eigenvalue weighted by atomic mass is 10.0. The molecule has 2 aromatic rings. The summed E-state index contributed by atoms with van der Waals surface area (Å²) in [7, 11) is 1.92. The van der Waals surface area contributed by atoms with Crippen molar-refractivity contribution in [2.75, 3.05) is 20.1 Å². The van der Waals surface area contributed by atoms with E-state index in [-0.39, 0.29) is 11.5 Å². The number of aromatic nitrogens is 1. The summed E-state index contributed by atoms with van der Waals surface area (Å²) in [6, 6.07) is 9.16. The maximum atomic E-state index is 12.8. The molecule has 0 saturated carbocycles. The van der Waals surface area contributed by atoms with Crippen LogP contribution < -0.4 is 10.9 Å². The van der Waals surface area contributed by atoms with Crippen LogP contribution >= 0.6 is 0 Å². The van der Waals surface area contributed by atoms with Gasteiger partial charge in [-0.15, -0.1) is 0 Å². The van der Waals surface area contributed by atoms with Gasteiger partial charge in [-0.2, -0.15) is 0 Å². The Hall–Kier alpha value is -2.14. The SMILES string of the molecule is CNC1CCCN(C(=O)c2cc(=O)[nH]c3ccccc23)C1. The van der Waals surface area contributed by atoms with Crippen LogP contribution in [-0.2, 0) is 0 Å². The first-order chi connectivity index (χ1) is 10.2. The molecule has 1 atom stereocenters. The number of benzene rings is 1. The number of hydrogen-bond donors (Lipinski definition) is 2. The molecule has 0 aliphatic carbocycles. The third-order valence-electron chi connectivity index (χ3n) is 4.10. The van der Waals surface area contributed by atoms with Crippen LogP contribution in [0.15, 0.2) is 35.1 Å². The van der Waals surface area contributed by atoms with E-state index in [0.29, 0.717) is 23.7 Å². The fourth-order valence-corrected chi connectivity index (χ4v) is 2.95. The highest BCUT2D eigenvalue weighted by Crippen LogP contribution is 2.19. The number of nitrogens with zero attached hydrogens (tertiary/aromatic N) is 1. The monoisotopic (exact) mass is 285 g/mol. The van der Waals surface area contributed by atoms with Gasteiger partial charge in [0.1, 0.15) is 0 Å². The topological polar surface area (TPSA) is 65.2 Å². The van der Waals surface area contributed by atoms with Gasteiger partial charge in [0, 0.05) is 36.1 Å². The highest BCUT2D eigenvalue weighted by atomic mass is 16.2. The minimum Gasteiger partial charge on any atom is -0.337 e. The number of likely N-dealkylation sites (tertiary alicyclic amines) is 1. The predicted molar refractivity (Wildman–Crippen MR) is 82.6 cm³/mol. The van der Waals surface area contributed by atoms with Crippen molar-refractivity contribution in [1.82, 2.24) is 15.2 Å². The van der Waals surface area contributed by atoms with Crippen molar-refractivity contribution in [2.45, 2.75) is 18.9 Å². The maximum Gasteiger partial charge on any atom is 0.254 e. The van der Waals surface area contributed by atoms with Gasteiger partial charge in [-0.3, -0.25) is 9.59 Å². The summed E-state index contributed by atoms with van der Waals surface area (Å²) in [6.07, 6.45) is 2.06. The van der Waals surface area contributed by atoms with Gasteiger partial charge in [0.05, 0.1) is 5.56 Å². The van der Waals surface area contributed by atoms with E-state index in [1.807, 2.05) is 36.2 Å². The second-order valence-corrected chi connectivity index (χ2v) is 5.47. The number of piperidine rings is 1. The van der Waals surface area contributed by atoms with Crippen molar-refractivity contribution in [2.24, 2.45) is 0 Å². The summed E-state index contributed by atoms with van der Waals surface area (Å²) in [5.41, 5.74) is 0.959. The molecule has 0 bridgehead atoms. The molecule has 1 aromatic heterocycles. The van der Waals surface area contributed by atoms with E-state index in [1.54, 1.807) is 0 Å². The zero-order valence-electron chi connectivity index (χ0n) is 12.1. The number of hydrogen-bond acceptors (Lipinski definition) is 3. The number of likely N-dealkylation sites (N-methyl/N-ethyl adjacent to an activating group) is 1. The normalized spacial score (nSPS) is 18.9. The lowest BCUT2D eigenvalue weighted by Gasteiger charge is -2.32. The van der Waals surface area contributed by atoms with Gasteiger partial charge in [-0.25, -0.2) is 0 Å². The number of nitrogens with one attached hydrogen (secondary N) is 2. The highest BCUT2D eigenvalue weighted by Gasteiger charge is 2.24. The van der Waals surface area contributed by atoms with E-state index in [4.69, 9.17) is 0 Å². The number of H-pyrrole nitrogens is 1. The Morgan fingerprint density at radius 2 is 2.19 bits per heavy atom. The van der Waals surface area contributed by atoms with Gasteiger partial charge in [0.2, 0.25) is 5.56 Å². The zero-order valence-corrected chi connectivity index (χ0v) is 12.1. The summed E-state index contributed by atoms with van der Waals surface area (Å²) in [6.45, 7) is 1.44. The van der Waals surface area contributed by atoms with Gasteiger partial charge in [-0.1, -0.05) is 18.2 Å². The number of fused-ring (bicyclic) bond motifs is 1. The molecule has 5 heteroatoms. The van der Waals surface area contributed by atoms with Crippen molar-refractivity contribution >= 4 is 16.8 Å². The molecule has 3 rings (SSSR count). The molecule has 1 fully saturated rings. The van der Waals surface area contributed by atoms with Gasteiger partial charge in [0.25, 0.3) is 5.91 Å². The Bertz CT molecular complexity index is 723. The summed E-state index contributed by atoms with van der Waals surface area (Å²) in [4.78, 5) is 29.2. The summed E-state index contributed by atoms with van der Waals surface area (Å²) >= 11 is 0. The number of amides is 1. The van der Waals surface area contributed by atoms with Gasteiger partial charge in [-0.05, 0) is 26.0 Å². The zero-order chi connectivity index (χ0) is 14.8. The van der Waals surface area contributed by atoms with Crippen molar-refractivity contribution in [3.63, 3.8) is 0 Å². The number of aromatic amines is 1. The molecule has 0 spiro atoms. The van der Waals surface area contributed by atoms with Crippen molar-refractivity contribution < 1.29 is 4.79 Å². The fraction of sp³-hybridized carbons (Fsp3) is 0.375. The molecule has 2 heterocycles. The molecule has 110 valence electrons. The highest BCUT2D eigenvalue weighted by molar-refractivity contribution is 6.05. The second kappa shape index (κ2) is 5.69. The molecule has 2 N–H and O–H groups in total. The molecular formula is C16H19N3O2. The van der Waals surface area contributed by atoms with Crippen molar-refractivity contribution in [3.8, 4) is 0 Å². The standard InChI is InChI=1S/C16H19N3O2/c1-17-11-5-4-8-19(10-11)16(21)13-9-15(20)18-14-7-3-2-6-12(13)14/h2-3,6-7,9,11,17H,4-5,8,10H2,1H3,(H,18,20). The first-order valence-corrected chi connectivity index (χ1v) is 7.27. The average molecular weight is 285 g/mol. The lowest BCUT2D eigenvalue weighted by Crippen LogP contribution is -2.47. The van der Waals surface area contributed by atoms with Crippen LogP contribution in [0, 0.1) is 0 Å². The van der Waals surface area contributed by atoms with Crippen molar-refractivity contribution in [3.05, 3.63) is 46.2 Å². The third-order valence-corrected chi connectivity index (χ3v) is 4.10. The van der Waals surface area contributed by atoms with Gasteiger partial charge >= 0.3 is 0 Å². The Morgan fingerprint density at radius 1 is 1.38 bits per heavy atom. The molecule has 1 saturated heterocycles. The van der Waals surface area contributed by atoms with E-state index in [9.17, 15) is 9.59 Å². The van der Waals surface area contributed by atoms with Crippen LogP contribution in [0.1, 0.15) is 23.2 Å². The first-order valence-electron chi connectivity index (χ1n) is 7.27. The number of carbonyl (C=O) groups is 1. The molecule has 1 aliphatic rings. The molecule has 1 aliphatic heterocycles. The summed E-state index contributed by atoms with van der Waals surface area (Å²) in [5.74, 6) is -0.0581. The molecule has 5 nitrogen and oxygen atoms in total. The van der Waals surface area contributed by atoms with Gasteiger partial charge < -0.3 is 15.2 Å². The van der Waals surface area contributed by atoms with Crippen LogP contribution in [0.25, 0.3) is 10.9 Å². The maximum absolute atomic E-state index is 12.8. The molecule has 1 aromatic carbocycles. The lowest BCUT2D eigenvalue weighted by molar-refractivity contribution is 0.0700. The van der Waals surface area contributed by atoms with Crippen molar-refractivity contribution in [1.29, 1.82) is 0 Å². The molecule has 21 heavy (non-hydrogen) atoms. The fourth-order valence-electron chi connectivity index (χ4n) is 2.95. The minimum atomic E-state index is -0.237. The van der Waals surface area contributed by atoms with Crippen LogP contribution in [-0.4, -0.2) is 42.0 Å². The average Bonchev–Trinajstić information content (AvgIpc) is 2.53. The first kappa shape index (κ1) is 13.8. The summed E-state index contributed by atoms with van der Waals surface area (Å²) < 4.78 is 0. The van der Waals surface area contributed by atoms with E-state index in [1.165, 1.54) is 6.07 Å². The van der Waals surface area contributed by atoms with E-state index >= 15 is 0 Å². The van der Waals surface area contributed by atoms with Gasteiger partial charge in [0.15, 0.2) is 0 Å². The Labute approximate surface area is 123 Å². The molecule has 0 radical (unpaired) electrons. The molecule has 1 amide bonds. The number of carbonyl (C=O) groups excluding carboxylic acids is 1. The summed E-state index contributed by atoms with van der Waals surface area (Å²) in [5, 5.41) is 4.03. The molecular weight excluding hydrogens is 266 g/mol. The van der Waals surface area contributed by atoms with Crippen LogP contribution in [0.5, 0.6) is 0 Å². The quantitative estimate of drug-likeness (QED) is 0.875. The Morgan fingerprint density at radius 3 is 3.00 bits per heavy atom. The minimum absolute atomic E-state index is 0.0581. The Balaban J connectivity index is 1.99. The Kier molecular flexibility index (Phi) is 3.75. The third kappa shape index (κ3) is 2.69. The van der Waals surface area contributed by atoms with E-state index in [0.717, 1.165) is 24.8 Å². The number of rotatable bonds is 2. The van der Waals surface area contributed by atoms with Crippen LogP contribution in [0.3, 0.4) is 0 Å². The number of pyridine rings is 1. The second-order valence-electron chi connectivity index (χ2n) is 5.47. The smallest absolute Gasteiger partial charge is 0.254 e. The number of para-hydroxylation sites is 1. The largest absolute Gasteiger partial charge is 0.337 e. The predicted octanol–water partition coefficient (Wildman–Crippen LogP) is 1.35. The van der Waals surface area contributed by atoms with Crippen LogP contribution in [0.2, 0.25) is 0 Å². The molecule has 1 unspecified atom stereocenters. The van der Waals surface area contributed by atoms with E-state index < -0.39 is 0 Å².